The van der Waals surface area contributed by atoms with Crippen LogP contribution < -0.4 is 0 Å². The lowest BCUT2D eigenvalue weighted by Crippen LogP contribution is -2.25. The van der Waals surface area contributed by atoms with E-state index >= 15 is 0 Å². The smallest absolute Gasteiger partial charge is 0.0725 e. The molecule has 1 nitrogen and oxygen atoms in total. The van der Waals surface area contributed by atoms with Crippen molar-refractivity contribution in [3.8, 4) is 33.4 Å². The fourth-order valence-corrected chi connectivity index (χ4v) is 10.6. The zero-order valence-electron chi connectivity index (χ0n) is 52.3. The summed E-state index contributed by atoms with van der Waals surface area (Å²) in [6.07, 6.45) is 1.10. The third-order valence-electron chi connectivity index (χ3n) is 13.3. The van der Waals surface area contributed by atoms with Crippen LogP contribution in [0.3, 0.4) is 0 Å². The summed E-state index contributed by atoms with van der Waals surface area (Å²) >= 11 is 0. The lowest BCUT2D eigenvalue weighted by Gasteiger charge is -2.30. The summed E-state index contributed by atoms with van der Waals surface area (Å²) in [6, 6.07) is 74.4. The molecule has 0 aliphatic heterocycles. The molecule has 1 heterocycles. The van der Waals surface area contributed by atoms with Crippen LogP contribution in [0.1, 0.15) is 166 Å². The lowest BCUT2D eigenvalue weighted by molar-refractivity contribution is 0.793. The first kappa shape index (κ1) is 66.9. The Labute approximate surface area is 476 Å². The van der Waals surface area contributed by atoms with Gasteiger partial charge < -0.3 is 4.57 Å². The lowest BCUT2D eigenvalue weighted by atomic mass is 9.70. The molecule has 0 unspecified atom stereocenters. The van der Waals surface area contributed by atoms with Crippen molar-refractivity contribution < 1.29 is 0 Å². The highest BCUT2D eigenvalue weighted by Gasteiger charge is 2.52. The molecule has 78 heavy (non-hydrogen) atoms. The largest absolute Gasteiger partial charge is 0.344 e. The molecule has 10 aromatic rings. The molecule has 3 aliphatic carbocycles. The van der Waals surface area contributed by atoms with Crippen molar-refractivity contribution in [1.82, 2.24) is 4.57 Å². The number of hydrogen-bond donors (Lipinski definition) is 0. The minimum atomic E-state index is -0.199. The third kappa shape index (κ3) is 14.3. The predicted octanol–water partition coefficient (Wildman–Crippen LogP) is 23.7. The van der Waals surface area contributed by atoms with Crippen molar-refractivity contribution in [2.45, 2.75) is 150 Å². The molecule has 412 valence electrons. The van der Waals surface area contributed by atoms with Crippen molar-refractivity contribution in [2.24, 2.45) is 7.05 Å². The van der Waals surface area contributed by atoms with Crippen molar-refractivity contribution in [2.75, 3.05) is 0 Å². The minimum Gasteiger partial charge on any atom is -0.344 e. The first-order valence-corrected chi connectivity index (χ1v) is 29.9. The maximum absolute atomic E-state index is 2.34. The van der Waals surface area contributed by atoms with Crippen LogP contribution in [0.4, 0.5) is 0 Å². The standard InChI is InChI=1S/C27H20.C13H11N.C13H10.C8H10.8C2H6/c1-17-9-7-15-23-25(17)19-11-3-5-13-21(19)27(23)22-14-6-4-12-20(22)26-18(2)10-8-16-24(26)27;1-14-12-8-4-2-6-10(12)11-7-3-5-9-13(11)14;1-3-7-12-10(5-1)9-11-6-2-4-8-13(11)12;1-7-4-3-5-8(2)6-7;8*1-2/h3-16H,1-2H3;2-9H,1H3;1-8H,9H2;3-6H,1-2H3;8*1-2H3. The topological polar surface area (TPSA) is 4.93 Å². The molecule has 13 rings (SSSR count). The van der Waals surface area contributed by atoms with E-state index in [0.29, 0.717) is 0 Å². The van der Waals surface area contributed by atoms with E-state index in [0.717, 1.165) is 6.42 Å². The molecule has 0 saturated heterocycles. The normalized spacial score (nSPS) is 10.7. The van der Waals surface area contributed by atoms with Gasteiger partial charge in [0.2, 0.25) is 0 Å². The highest BCUT2D eigenvalue weighted by atomic mass is 14.9. The maximum Gasteiger partial charge on any atom is 0.0725 e. The number of aryl methyl sites for hydroxylation is 5. The second kappa shape index (κ2) is 35.2. The average molecular weight is 1040 g/mol. The summed E-state index contributed by atoms with van der Waals surface area (Å²) < 4.78 is 2.24. The number of rotatable bonds is 0. The van der Waals surface area contributed by atoms with Gasteiger partial charge in [-0.15, -0.1) is 0 Å². The van der Waals surface area contributed by atoms with E-state index in [1.165, 1.54) is 111 Å². The Morgan fingerprint density at radius 3 is 0.949 bits per heavy atom. The monoisotopic (exact) mass is 1040 g/mol. The highest BCUT2D eigenvalue weighted by Crippen LogP contribution is 2.63. The van der Waals surface area contributed by atoms with Gasteiger partial charge in [-0.2, -0.15) is 0 Å². The first-order chi connectivity index (χ1) is 38.4. The Hall–Kier alpha value is -7.22. The Morgan fingerprint density at radius 2 is 0.590 bits per heavy atom. The fourth-order valence-electron chi connectivity index (χ4n) is 10.6. The van der Waals surface area contributed by atoms with Gasteiger partial charge in [0.1, 0.15) is 0 Å². The van der Waals surface area contributed by atoms with Gasteiger partial charge in [0, 0.05) is 28.9 Å². The number of para-hydroxylation sites is 2. The molecule has 0 atom stereocenters. The first-order valence-electron chi connectivity index (χ1n) is 29.9. The Balaban J connectivity index is 0.000000350. The number of hydrogen-bond acceptors (Lipinski definition) is 0. The van der Waals surface area contributed by atoms with Gasteiger partial charge in [0.25, 0.3) is 0 Å². The molecule has 9 aromatic carbocycles. The van der Waals surface area contributed by atoms with Gasteiger partial charge in [-0.05, 0) is 124 Å². The van der Waals surface area contributed by atoms with E-state index in [1.54, 1.807) is 0 Å². The van der Waals surface area contributed by atoms with Gasteiger partial charge in [0.15, 0.2) is 0 Å². The van der Waals surface area contributed by atoms with Gasteiger partial charge in [-0.1, -0.05) is 316 Å². The Bertz CT molecular complexity index is 3070. The third-order valence-corrected chi connectivity index (χ3v) is 13.3. The molecule has 1 spiro atoms. The van der Waals surface area contributed by atoms with Crippen LogP contribution >= 0.6 is 0 Å². The van der Waals surface area contributed by atoms with Gasteiger partial charge >= 0.3 is 0 Å². The summed E-state index contributed by atoms with van der Waals surface area (Å²) in [7, 11) is 2.12. The van der Waals surface area contributed by atoms with Gasteiger partial charge in [-0.25, -0.2) is 0 Å². The quantitative estimate of drug-likeness (QED) is 0.143. The maximum atomic E-state index is 2.34. The van der Waals surface area contributed by atoms with Crippen LogP contribution in [0.15, 0.2) is 206 Å². The molecule has 1 heteroatoms. The molecule has 0 saturated carbocycles. The minimum absolute atomic E-state index is 0.199. The van der Waals surface area contributed by atoms with Crippen molar-refractivity contribution >= 4 is 21.8 Å². The van der Waals surface area contributed by atoms with Crippen LogP contribution in [0, 0.1) is 27.7 Å². The Kier molecular flexibility index (Phi) is 30.2. The SMILES string of the molecule is CC.CC.CC.CC.CC.CC.CC.CC.Cc1cccc(C)c1.Cc1cccc2c1-c1ccccc1C21c2ccccc2-c2c(C)cccc21.Cn1c2ccccc2c2ccccc21.c1ccc2c(c1)Cc1ccccc1-2. The number of fused-ring (bicyclic) bond motifs is 16. The summed E-state index contributed by atoms with van der Waals surface area (Å²) in [5, 5.41) is 2.68. The van der Waals surface area contributed by atoms with E-state index < -0.39 is 0 Å². The molecule has 1 aromatic heterocycles. The van der Waals surface area contributed by atoms with E-state index in [-0.39, 0.29) is 5.41 Å². The van der Waals surface area contributed by atoms with Crippen LogP contribution in [0.25, 0.3) is 55.2 Å². The summed E-state index contributed by atoms with van der Waals surface area (Å²) in [4.78, 5) is 0. The predicted molar refractivity (Wildman–Crippen MR) is 354 cm³/mol. The van der Waals surface area contributed by atoms with Crippen LogP contribution in [0.2, 0.25) is 0 Å². The molecule has 0 bridgehead atoms. The highest BCUT2D eigenvalue weighted by molar-refractivity contribution is 6.07. The molecule has 0 fully saturated rings. The molecular formula is C77H99N. The Morgan fingerprint density at radius 1 is 0.295 bits per heavy atom. The van der Waals surface area contributed by atoms with Crippen LogP contribution in [-0.4, -0.2) is 4.57 Å². The molecule has 0 amide bonds. The molecule has 3 aliphatic rings. The van der Waals surface area contributed by atoms with E-state index in [2.05, 4.69) is 246 Å². The fraction of sp³-hybridized carbons (Fsp3) is 0.299. The summed E-state index contributed by atoms with van der Waals surface area (Å²) in [6.45, 7) is 40.7. The van der Waals surface area contributed by atoms with Crippen molar-refractivity contribution in [3.05, 3.63) is 262 Å². The number of aromatic nitrogens is 1. The second-order valence-electron chi connectivity index (χ2n) is 17.1. The van der Waals surface area contributed by atoms with Crippen LogP contribution in [0.5, 0.6) is 0 Å². The molecular weight excluding hydrogens is 939 g/mol. The van der Waals surface area contributed by atoms with Gasteiger partial charge in [-0.3, -0.25) is 0 Å². The zero-order chi connectivity index (χ0) is 58.4. The van der Waals surface area contributed by atoms with Crippen molar-refractivity contribution in [1.29, 1.82) is 0 Å². The van der Waals surface area contributed by atoms with Crippen LogP contribution in [-0.2, 0) is 18.9 Å². The summed E-state index contributed by atoms with van der Waals surface area (Å²) in [5.41, 5.74) is 24.8. The average Bonchev–Trinajstić information content (AvgIpc) is 4.43. The summed E-state index contributed by atoms with van der Waals surface area (Å²) in [5.74, 6) is 0. The van der Waals surface area contributed by atoms with E-state index in [9.17, 15) is 0 Å². The van der Waals surface area contributed by atoms with Gasteiger partial charge in [0.05, 0.1) is 5.41 Å². The number of nitrogens with zero attached hydrogens (tertiary/aromatic N) is 1. The second-order valence-corrected chi connectivity index (χ2v) is 17.1. The van der Waals surface area contributed by atoms with Crippen molar-refractivity contribution in [3.63, 3.8) is 0 Å². The van der Waals surface area contributed by atoms with E-state index in [1.807, 2.05) is 111 Å². The number of benzene rings is 9. The molecule has 0 N–H and O–H groups in total. The molecule has 0 radical (unpaired) electrons. The zero-order valence-corrected chi connectivity index (χ0v) is 52.3. The van der Waals surface area contributed by atoms with E-state index in [4.69, 9.17) is 0 Å².